The van der Waals surface area contributed by atoms with Crippen LogP contribution in [0.4, 0.5) is 0 Å². The van der Waals surface area contributed by atoms with Crippen LogP contribution in [0.3, 0.4) is 0 Å². The van der Waals surface area contributed by atoms with E-state index < -0.39 is 0 Å². The van der Waals surface area contributed by atoms with Crippen molar-refractivity contribution in [2.24, 2.45) is 0 Å². The van der Waals surface area contributed by atoms with Crippen molar-refractivity contribution in [3.8, 4) is 11.3 Å². The largest absolute Gasteiger partial charge is 0.459 e. The number of furan rings is 1. The van der Waals surface area contributed by atoms with Gasteiger partial charge in [-0.3, -0.25) is 0 Å². The van der Waals surface area contributed by atoms with E-state index in [0.29, 0.717) is 5.88 Å². The minimum absolute atomic E-state index is 0.623. The third-order valence-electron chi connectivity index (χ3n) is 4.39. The van der Waals surface area contributed by atoms with Crippen molar-refractivity contribution in [3.63, 3.8) is 0 Å². The summed E-state index contributed by atoms with van der Waals surface area (Å²) in [4.78, 5) is 4.76. The molecular formula is C25H21ClOS2. The number of hydrogen-bond acceptors (Lipinski definition) is 3. The monoisotopic (exact) mass is 436 g/mol. The van der Waals surface area contributed by atoms with Gasteiger partial charge in [-0.25, -0.2) is 0 Å². The second-order valence-electron chi connectivity index (χ2n) is 6.50. The molecule has 0 bridgehead atoms. The van der Waals surface area contributed by atoms with Gasteiger partial charge in [0.25, 0.3) is 0 Å². The first-order valence-electron chi connectivity index (χ1n) is 9.58. The Labute approximate surface area is 185 Å². The molecule has 1 aromatic heterocycles. The van der Waals surface area contributed by atoms with Crippen molar-refractivity contribution >= 4 is 35.1 Å². The molecule has 146 valence electrons. The van der Waals surface area contributed by atoms with E-state index in [1.807, 2.05) is 18.2 Å². The van der Waals surface area contributed by atoms with Gasteiger partial charge < -0.3 is 4.42 Å². The zero-order chi connectivity index (χ0) is 19.9. The van der Waals surface area contributed by atoms with E-state index in [-0.39, 0.29) is 0 Å². The lowest BCUT2D eigenvalue weighted by atomic mass is 10.2. The van der Waals surface area contributed by atoms with Gasteiger partial charge in [0.2, 0.25) is 0 Å². The van der Waals surface area contributed by atoms with Crippen molar-refractivity contribution in [2.75, 3.05) is 5.88 Å². The zero-order valence-electron chi connectivity index (χ0n) is 15.9. The SMILES string of the molecule is ClCCCc1oc(-c2ccccc2)c(Sc2ccccc2)c1Sc1ccccc1. The van der Waals surface area contributed by atoms with E-state index in [2.05, 4.69) is 72.8 Å². The van der Waals surface area contributed by atoms with Gasteiger partial charge in [-0.05, 0) is 30.7 Å². The van der Waals surface area contributed by atoms with Crippen LogP contribution in [0.5, 0.6) is 0 Å². The molecule has 0 aliphatic rings. The molecule has 0 N–H and O–H groups in total. The number of hydrogen-bond donors (Lipinski definition) is 0. The molecule has 3 aromatic carbocycles. The standard InChI is InChI=1S/C25H21ClOS2/c26-18-10-17-22-24(28-20-13-6-2-7-14-20)25(29-21-15-8-3-9-16-21)23(27-22)19-11-4-1-5-12-19/h1-9,11-16H,10,17-18H2. The maximum Gasteiger partial charge on any atom is 0.149 e. The Morgan fingerprint density at radius 1 is 0.655 bits per heavy atom. The summed E-state index contributed by atoms with van der Waals surface area (Å²) in [7, 11) is 0. The zero-order valence-corrected chi connectivity index (χ0v) is 18.3. The first kappa shape index (κ1) is 20.2. The lowest BCUT2D eigenvalue weighted by Crippen LogP contribution is -1.87. The molecule has 4 heteroatoms. The second kappa shape index (κ2) is 10.1. The number of alkyl halides is 1. The molecule has 0 radical (unpaired) electrons. The molecule has 0 saturated carbocycles. The fraction of sp³-hybridized carbons (Fsp3) is 0.120. The Morgan fingerprint density at radius 2 is 1.17 bits per heavy atom. The lowest BCUT2D eigenvalue weighted by molar-refractivity contribution is 0.509. The average Bonchev–Trinajstić information content (AvgIpc) is 3.11. The van der Waals surface area contributed by atoms with E-state index in [1.165, 1.54) is 19.6 Å². The maximum atomic E-state index is 6.48. The van der Waals surface area contributed by atoms with Crippen LogP contribution < -0.4 is 0 Å². The van der Waals surface area contributed by atoms with Gasteiger partial charge in [0, 0.05) is 27.7 Å². The van der Waals surface area contributed by atoms with Crippen molar-refractivity contribution in [2.45, 2.75) is 32.4 Å². The summed E-state index contributed by atoms with van der Waals surface area (Å²) in [6, 6.07) is 31.3. The highest BCUT2D eigenvalue weighted by Gasteiger charge is 2.23. The second-order valence-corrected chi connectivity index (χ2v) is 9.05. The van der Waals surface area contributed by atoms with Gasteiger partial charge in [-0.1, -0.05) is 90.3 Å². The minimum Gasteiger partial charge on any atom is -0.459 e. The number of rotatable bonds is 8. The summed E-state index contributed by atoms with van der Waals surface area (Å²) in [5, 5.41) is 0. The Balaban J connectivity index is 1.83. The van der Waals surface area contributed by atoms with Gasteiger partial charge in [0.05, 0.1) is 9.79 Å². The molecule has 0 aliphatic heterocycles. The molecule has 0 amide bonds. The molecule has 0 fully saturated rings. The van der Waals surface area contributed by atoms with E-state index in [1.54, 1.807) is 23.5 Å². The Bertz CT molecular complexity index is 1030. The number of benzene rings is 3. The molecule has 0 unspecified atom stereocenters. The van der Waals surface area contributed by atoms with Crippen LogP contribution in [0.15, 0.2) is 115 Å². The van der Waals surface area contributed by atoms with E-state index in [9.17, 15) is 0 Å². The molecule has 4 aromatic rings. The average molecular weight is 437 g/mol. The predicted octanol–water partition coefficient (Wildman–Crippen LogP) is 8.42. The van der Waals surface area contributed by atoms with Crippen LogP contribution in [0.25, 0.3) is 11.3 Å². The molecule has 29 heavy (non-hydrogen) atoms. The van der Waals surface area contributed by atoms with Crippen LogP contribution in [0.2, 0.25) is 0 Å². The van der Waals surface area contributed by atoms with E-state index in [4.69, 9.17) is 16.0 Å². The van der Waals surface area contributed by atoms with E-state index in [0.717, 1.165) is 29.9 Å². The van der Waals surface area contributed by atoms with Crippen LogP contribution in [0.1, 0.15) is 12.2 Å². The summed E-state index contributed by atoms with van der Waals surface area (Å²) in [5.41, 5.74) is 1.10. The van der Waals surface area contributed by atoms with Crippen molar-refractivity contribution < 1.29 is 4.42 Å². The smallest absolute Gasteiger partial charge is 0.149 e. The highest BCUT2D eigenvalue weighted by atomic mass is 35.5. The van der Waals surface area contributed by atoms with Crippen molar-refractivity contribution in [3.05, 3.63) is 96.8 Å². The van der Waals surface area contributed by atoms with Gasteiger partial charge in [0.1, 0.15) is 11.5 Å². The number of aryl methyl sites for hydroxylation is 1. The normalized spacial score (nSPS) is 10.9. The first-order valence-corrected chi connectivity index (χ1v) is 11.7. The molecule has 0 spiro atoms. The molecule has 0 atom stereocenters. The van der Waals surface area contributed by atoms with Crippen LogP contribution in [0, 0.1) is 0 Å². The third kappa shape index (κ3) is 5.11. The minimum atomic E-state index is 0.623. The molecule has 0 saturated heterocycles. The molecule has 4 rings (SSSR count). The van der Waals surface area contributed by atoms with Gasteiger partial charge in [-0.15, -0.1) is 11.6 Å². The van der Waals surface area contributed by atoms with Gasteiger partial charge in [0.15, 0.2) is 0 Å². The van der Waals surface area contributed by atoms with E-state index >= 15 is 0 Å². The fourth-order valence-corrected chi connectivity index (χ4v) is 5.37. The first-order chi connectivity index (χ1) is 14.3. The Morgan fingerprint density at radius 3 is 1.72 bits per heavy atom. The predicted molar refractivity (Wildman–Crippen MR) is 124 cm³/mol. The van der Waals surface area contributed by atoms with Crippen LogP contribution in [-0.2, 0) is 6.42 Å². The molecule has 1 nitrogen and oxygen atoms in total. The Hall–Kier alpha value is -2.07. The fourth-order valence-electron chi connectivity index (χ4n) is 3.03. The van der Waals surface area contributed by atoms with Gasteiger partial charge >= 0.3 is 0 Å². The Kier molecular flexibility index (Phi) is 7.04. The van der Waals surface area contributed by atoms with Crippen molar-refractivity contribution in [1.82, 2.24) is 0 Å². The van der Waals surface area contributed by atoms with Gasteiger partial charge in [-0.2, -0.15) is 0 Å². The summed E-state index contributed by atoms with van der Waals surface area (Å²) >= 11 is 9.53. The van der Waals surface area contributed by atoms with Crippen LogP contribution in [-0.4, -0.2) is 5.88 Å². The highest BCUT2D eigenvalue weighted by Crippen LogP contribution is 2.48. The molecule has 0 aliphatic carbocycles. The van der Waals surface area contributed by atoms with Crippen LogP contribution >= 0.6 is 35.1 Å². The quantitative estimate of drug-likeness (QED) is 0.257. The number of halogens is 1. The third-order valence-corrected chi connectivity index (χ3v) is 7.03. The lowest BCUT2D eigenvalue weighted by Gasteiger charge is -2.07. The topological polar surface area (TPSA) is 13.1 Å². The maximum absolute atomic E-state index is 6.48. The molecular weight excluding hydrogens is 416 g/mol. The van der Waals surface area contributed by atoms with Crippen molar-refractivity contribution in [1.29, 1.82) is 0 Å². The molecule has 1 heterocycles. The summed E-state index contributed by atoms with van der Waals surface area (Å²) in [6.07, 6.45) is 1.72. The summed E-state index contributed by atoms with van der Waals surface area (Å²) in [6.45, 7) is 0. The summed E-state index contributed by atoms with van der Waals surface area (Å²) < 4.78 is 6.48. The summed E-state index contributed by atoms with van der Waals surface area (Å²) in [5.74, 6) is 2.57. The highest BCUT2D eigenvalue weighted by molar-refractivity contribution is 8.02.